The minimum Gasteiger partial charge on any atom is -0.621 e. The third-order valence-corrected chi connectivity index (χ3v) is 6.05. The third kappa shape index (κ3) is 3.73. The Hall–Kier alpha value is -2.49. The van der Waals surface area contributed by atoms with Crippen LogP contribution in [0.4, 0.5) is 5.82 Å². The average Bonchev–Trinajstić information content (AvgIpc) is 2.88. The summed E-state index contributed by atoms with van der Waals surface area (Å²) in [7, 11) is 0. The van der Waals surface area contributed by atoms with Crippen LogP contribution in [0.2, 0.25) is 0 Å². The predicted octanol–water partition coefficient (Wildman–Crippen LogP) is 1.71. The lowest BCUT2D eigenvalue weighted by Crippen LogP contribution is -3.00. The SMILES string of the molecule is NC1(CNc2nc(C3=Cc4ccccc4S[NH+]([O-])C3)nc3ccccc23)COC1. The van der Waals surface area contributed by atoms with Gasteiger partial charge in [0, 0.05) is 11.9 Å². The van der Waals surface area contributed by atoms with Gasteiger partial charge in [0.05, 0.1) is 34.7 Å². The molecule has 3 aromatic rings. The number of rotatable bonds is 4. The lowest BCUT2D eigenvalue weighted by Gasteiger charge is -2.37. The maximum atomic E-state index is 12.5. The summed E-state index contributed by atoms with van der Waals surface area (Å²) in [5.74, 6) is 1.29. The number of hydrogen-bond acceptors (Lipinski definition) is 7. The number of hydroxylamine groups is 1. The van der Waals surface area contributed by atoms with Crippen molar-refractivity contribution in [3.05, 3.63) is 65.1 Å². The van der Waals surface area contributed by atoms with Crippen molar-refractivity contribution in [2.24, 2.45) is 5.73 Å². The average molecular weight is 407 g/mol. The Morgan fingerprint density at radius 3 is 2.76 bits per heavy atom. The number of quaternary nitrogens is 1. The van der Waals surface area contributed by atoms with Crippen LogP contribution in [0, 0.1) is 5.21 Å². The molecule has 1 fully saturated rings. The number of nitrogens with one attached hydrogen (secondary N) is 2. The molecule has 7 nitrogen and oxygen atoms in total. The summed E-state index contributed by atoms with van der Waals surface area (Å²) in [6.07, 6.45) is 2.02. The summed E-state index contributed by atoms with van der Waals surface area (Å²) in [5, 5.41) is 16.8. The zero-order valence-electron chi connectivity index (χ0n) is 15.7. The molecule has 2 aliphatic heterocycles. The van der Waals surface area contributed by atoms with Crippen LogP contribution in [0.1, 0.15) is 11.4 Å². The van der Waals surface area contributed by atoms with Gasteiger partial charge in [-0.25, -0.2) is 9.97 Å². The summed E-state index contributed by atoms with van der Waals surface area (Å²) < 4.78 is 5.33. The molecule has 29 heavy (non-hydrogen) atoms. The van der Waals surface area contributed by atoms with Gasteiger partial charge < -0.3 is 25.5 Å². The van der Waals surface area contributed by atoms with Gasteiger partial charge in [-0.2, -0.15) is 0 Å². The fraction of sp³-hybridized carbons (Fsp3) is 0.238. The van der Waals surface area contributed by atoms with E-state index >= 15 is 0 Å². The van der Waals surface area contributed by atoms with E-state index < -0.39 is 0 Å². The highest BCUT2D eigenvalue weighted by atomic mass is 32.2. The molecule has 1 unspecified atom stereocenters. The molecular weight excluding hydrogens is 386 g/mol. The van der Waals surface area contributed by atoms with E-state index in [9.17, 15) is 5.21 Å². The molecule has 3 heterocycles. The van der Waals surface area contributed by atoms with Crippen LogP contribution >= 0.6 is 11.9 Å². The molecule has 1 atom stereocenters. The summed E-state index contributed by atoms with van der Waals surface area (Å²) >= 11 is 1.27. The van der Waals surface area contributed by atoms with Gasteiger partial charge >= 0.3 is 0 Å². The molecule has 0 saturated carbocycles. The van der Waals surface area contributed by atoms with Gasteiger partial charge in [-0.3, -0.25) is 0 Å². The van der Waals surface area contributed by atoms with Crippen LogP contribution < -0.4 is 15.5 Å². The first-order valence-corrected chi connectivity index (χ1v) is 10.3. The molecule has 1 aromatic heterocycles. The normalized spacial score (nSPS) is 20.3. The number of aromatic nitrogens is 2. The quantitative estimate of drug-likeness (QED) is 0.447. The van der Waals surface area contributed by atoms with Crippen LogP contribution in [-0.2, 0) is 4.74 Å². The molecule has 0 bridgehead atoms. The fourth-order valence-electron chi connectivity index (χ4n) is 3.47. The molecule has 148 valence electrons. The zero-order chi connectivity index (χ0) is 19.8. The molecule has 1 saturated heterocycles. The standard InChI is InChI=1S/C21H21N5O2S/c22-21(12-28-13-21)11-23-20-16-6-2-3-7-17(16)24-19(25-20)15-9-14-5-1-4-8-18(14)29-26(27)10-15/h1-9,26H,10-13,22H2,(H,23,24,25). The molecule has 2 aliphatic rings. The highest BCUT2D eigenvalue weighted by Gasteiger charge is 2.34. The van der Waals surface area contributed by atoms with E-state index in [0.29, 0.717) is 25.6 Å². The fourth-order valence-corrected chi connectivity index (χ4v) is 4.33. The lowest BCUT2D eigenvalue weighted by molar-refractivity contribution is -0.683. The number of ether oxygens (including phenoxy) is 1. The van der Waals surface area contributed by atoms with E-state index in [1.54, 1.807) is 0 Å². The Labute approximate surface area is 172 Å². The van der Waals surface area contributed by atoms with E-state index in [-0.39, 0.29) is 16.6 Å². The number of anilines is 1. The Kier molecular flexibility index (Phi) is 4.73. The van der Waals surface area contributed by atoms with E-state index in [2.05, 4.69) is 5.32 Å². The molecule has 5 rings (SSSR count). The number of fused-ring (bicyclic) bond motifs is 2. The van der Waals surface area contributed by atoms with Gasteiger partial charge in [0.15, 0.2) is 5.82 Å². The van der Waals surface area contributed by atoms with Gasteiger partial charge in [-0.05, 0) is 29.8 Å². The number of nitrogens with two attached hydrogens (primary N) is 1. The van der Waals surface area contributed by atoms with Crippen LogP contribution in [0.3, 0.4) is 0 Å². The second-order valence-corrected chi connectivity index (χ2v) is 8.58. The topological polar surface area (TPSA) is 101 Å². The first-order valence-electron chi connectivity index (χ1n) is 9.48. The first-order chi connectivity index (χ1) is 14.1. The summed E-state index contributed by atoms with van der Waals surface area (Å²) in [6, 6.07) is 15.7. The molecular formula is C21H21N5O2S. The van der Waals surface area contributed by atoms with Crippen molar-refractivity contribution in [1.29, 1.82) is 0 Å². The summed E-state index contributed by atoms with van der Waals surface area (Å²) in [5.41, 5.74) is 8.56. The Bertz CT molecular complexity index is 1100. The number of para-hydroxylation sites is 1. The van der Waals surface area contributed by atoms with Gasteiger partial charge in [0.2, 0.25) is 0 Å². The summed E-state index contributed by atoms with van der Waals surface area (Å²) in [4.78, 5) is 10.5. The summed E-state index contributed by atoms with van der Waals surface area (Å²) in [6.45, 7) is 1.91. The van der Waals surface area contributed by atoms with E-state index in [0.717, 1.165) is 32.8 Å². The van der Waals surface area contributed by atoms with Gasteiger partial charge in [-0.15, -0.1) is 0 Å². The van der Waals surface area contributed by atoms with Crippen molar-refractivity contribution in [3.63, 3.8) is 0 Å². The second kappa shape index (κ2) is 7.40. The highest BCUT2D eigenvalue weighted by Crippen LogP contribution is 2.28. The van der Waals surface area contributed by atoms with Crippen molar-refractivity contribution in [2.75, 3.05) is 31.6 Å². The van der Waals surface area contributed by atoms with E-state index in [1.165, 1.54) is 11.9 Å². The lowest BCUT2D eigenvalue weighted by atomic mass is 9.99. The number of hydrogen-bond donors (Lipinski definition) is 3. The molecule has 0 radical (unpaired) electrons. The molecule has 4 N–H and O–H groups in total. The Morgan fingerprint density at radius 2 is 1.93 bits per heavy atom. The monoisotopic (exact) mass is 407 g/mol. The molecule has 0 aliphatic carbocycles. The van der Waals surface area contributed by atoms with E-state index in [1.807, 2.05) is 54.6 Å². The Balaban J connectivity index is 1.57. The van der Waals surface area contributed by atoms with Gasteiger partial charge in [0.25, 0.3) is 0 Å². The largest absolute Gasteiger partial charge is 0.621 e. The van der Waals surface area contributed by atoms with Crippen molar-refractivity contribution in [1.82, 2.24) is 9.97 Å². The number of benzene rings is 2. The maximum absolute atomic E-state index is 12.5. The van der Waals surface area contributed by atoms with Crippen LogP contribution in [0.25, 0.3) is 22.6 Å². The molecule has 2 aromatic carbocycles. The van der Waals surface area contributed by atoms with Crippen molar-refractivity contribution in [2.45, 2.75) is 10.4 Å². The third-order valence-electron chi connectivity index (χ3n) is 5.08. The highest BCUT2D eigenvalue weighted by molar-refractivity contribution is 7.93. The van der Waals surface area contributed by atoms with Gasteiger partial charge in [-0.1, -0.05) is 30.3 Å². The number of nitrogens with zero attached hydrogens (tertiary/aromatic N) is 2. The first kappa shape index (κ1) is 18.5. The molecule has 0 spiro atoms. The van der Waals surface area contributed by atoms with Crippen molar-refractivity contribution >= 4 is 40.3 Å². The minimum atomic E-state index is -0.376. The van der Waals surface area contributed by atoms with Crippen molar-refractivity contribution in [3.8, 4) is 0 Å². The Morgan fingerprint density at radius 1 is 1.14 bits per heavy atom. The van der Waals surface area contributed by atoms with E-state index in [4.69, 9.17) is 20.4 Å². The minimum absolute atomic E-state index is 0.0833. The zero-order valence-corrected chi connectivity index (χ0v) is 16.5. The smallest absolute Gasteiger partial charge is 0.163 e. The van der Waals surface area contributed by atoms with Crippen LogP contribution in [-0.4, -0.2) is 41.8 Å². The molecule has 0 amide bonds. The van der Waals surface area contributed by atoms with Gasteiger partial charge in [0.1, 0.15) is 24.3 Å². The molecule has 8 heteroatoms. The second-order valence-electron chi connectivity index (χ2n) is 7.48. The van der Waals surface area contributed by atoms with Crippen LogP contribution in [0.5, 0.6) is 0 Å². The maximum Gasteiger partial charge on any atom is 0.163 e. The van der Waals surface area contributed by atoms with Crippen molar-refractivity contribution < 1.29 is 9.21 Å². The van der Waals surface area contributed by atoms with Crippen LogP contribution in [0.15, 0.2) is 53.4 Å². The predicted molar refractivity (Wildman–Crippen MR) is 115 cm³/mol.